The first-order valence-corrected chi connectivity index (χ1v) is 6.77. The first-order valence-electron chi connectivity index (χ1n) is 5.95. The van der Waals surface area contributed by atoms with Crippen molar-refractivity contribution in [2.24, 2.45) is 0 Å². The van der Waals surface area contributed by atoms with Gasteiger partial charge in [-0.1, -0.05) is 11.8 Å². The largest absolute Gasteiger partial charge is 0.485 e. The molecule has 0 aliphatic heterocycles. The van der Waals surface area contributed by atoms with Gasteiger partial charge < -0.3 is 9.84 Å². The van der Waals surface area contributed by atoms with E-state index in [0.29, 0.717) is 6.42 Å². The topological polar surface area (TPSA) is 29.5 Å². The number of hydrogen-bond donors (Lipinski definition) is 1. The Kier molecular flexibility index (Phi) is 5.10. The van der Waals surface area contributed by atoms with E-state index < -0.39 is 11.6 Å². The Labute approximate surface area is 119 Å². The Morgan fingerprint density at radius 1 is 1.20 bits per heavy atom. The maximum Gasteiger partial charge on any atom is 0.165 e. The van der Waals surface area contributed by atoms with Crippen LogP contribution in [0.5, 0.6) is 5.75 Å². The summed E-state index contributed by atoms with van der Waals surface area (Å²) in [6.45, 7) is 0.194. The molecule has 1 heterocycles. The third-order valence-electron chi connectivity index (χ3n) is 2.37. The Hall–Kier alpha value is -1.90. The lowest BCUT2D eigenvalue weighted by molar-refractivity contribution is 0.291. The van der Waals surface area contributed by atoms with Gasteiger partial charge in [-0.2, -0.15) is 0 Å². The smallest absolute Gasteiger partial charge is 0.165 e. The molecule has 0 unspecified atom stereocenters. The van der Waals surface area contributed by atoms with Crippen LogP contribution < -0.4 is 4.74 Å². The summed E-state index contributed by atoms with van der Waals surface area (Å²) >= 11 is 1.42. The fourth-order valence-corrected chi connectivity index (χ4v) is 2.26. The van der Waals surface area contributed by atoms with Crippen LogP contribution in [0.4, 0.5) is 8.78 Å². The van der Waals surface area contributed by atoms with E-state index in [1.165, 1.54) is 11.3 Å². The van der Waals surface area contributed by atoms with Crippen LogP contribution in [0.15, 0.2) is 30.3 Å². The number of aliphatic hydroxyl groups excluding tert-OH is 1. The molecule has 1 aromatic carbocycles. The molecule has 0 saturated heterocycles. The van der Waals surface area contributed by atoms with Gasteiger partial charge in [0.1, 0.15) is 12.4 Å². The van der Waals surface area contributed by atoms with Crippen LogP contribution in [0.25, 0.3) is 0 Å². The van der Waals surface area contributed by atoms with E-state index in [1.54, 1.807) is 0 Å². The molecule has 0 spiro atoms. The minimum Gasteiger partial charge on any atom is -0.485 e. The molecule has 0 aliphatic rings. The molecule has 2 rings (SSSR count). The molecule has 0 atom stereocenters. The van der Waals surface area contributed by atoms with E-state index >= 15 is 0 Å². The molecule has 20 heavy (non-hydrogen) atoms. The second-order valence-electron chi connectivity index (χ2n) is 3.90. The van der Waals surface area contributed by atoms with Crippen molar-refractivity contribution < 1.29 is 18.6 Å². The van der Waals surface area contributed by atoms with Gasteiger partial charge in [-0.15, -0.1) is 11.3 Å². The molecular formula is C15H12F2O2S. The predicted molar refractivity (Wildman–Crippen MR) is 73.6 cm³/mol. The molecule has 0 amide bonds. The Balaban J connectivity index is 1.98. The third-order valence-corrected chi connectivity index (χ3v) is 3.35. The van der Waals surface area contributed by atoms with Gasteiger partial charge in [0.15, 0.2) is 11.6 Å². The lowest BCUT2D eigenvalue weighted by atomic mass is 10.3. The van der Waals surface area contributed by atoms with Gasteiger partial charge in [0.25, 0.3) is 0 Å². The van der Waals surface area contributed by atoms with Crippen LogP contribution in [0.1, 0.15) is 16.2 Å². The van der Waals surface area contributed by atoms with Gasteiger partial charge in [-0.25, -0.2) is 8.78 Å². The fraction of sp³-hybridized carbons (Fsp3) is 0.200. The summed E-state index contributed by atoms with van der Waals surface area (Å²) < 4.78 is 31.6. The van der Waals surface area contributed by atoms with Crippen molar-refractivity contribution in [3.05, 3.63) is 51.7 Å². The number of rotatable bonds is 4. The lowest BCUT2D eigenvalue weighted by Gasteiger charge is -2.05. The summed E-state index contributed by atoms with van der Waals surface area (Å²) in [7, 11) is 0. The van der Waals surface area contributed by atoms with Crippen LogP contribution in [-0.4, -0.2) is 11.7 Å². The van der Waals surface area contributed by atoms with E-state index in [9.17, 15) is 8.78 Å². The molecule has 0 fully saturated rings. The average Bonchev–Trinajstić information content (AvgIpc) is 2.88. The van der Waals surface area contributed by atoms with Crippen molar-refractivity contribution in [1.29, 1.82) is 0 Å². The summed E-state index contributed by atoms with van der Waals surface area (Å²) in [4.78, 5) is 1.71. The number of ether oxygens (including phenoxy) is 1. The average molecular weight is 294 g/mol. The van der Waals surface area contributed by atoms with Crippen molar-refractivity contribution in [1.82, 2.24) is 0 Å². The number of aliphatic hydroxyl groups is 1. The SMILES string of the molecule is OCCC#Cc1ccc(COc2cc(F)ccc2F)s1. The summed E-state index contributed by atoms with van der Waals surface area (Å²) in [6, 6.07) is 6.75. The minimum atomic E-state index is -0.592. The van der Waals surface area contributed by atoms with Crippen LogP contribution in [-0.2, 0) is 6.61 Å². The molecule has 0 saturated carbocycles. The Morgan fingerprint density at radius 2 is 2.05 bits per heavy atom. The van der Waals surface area contributed by atoms with Gasteiger partial charge in [-0.05, 0) is 24.3 Å². The Bertz CT molecular complexity index is 641. The van der Waals surface area contributed by atoms with Crippen LogP contribution in [0.2, 0.25) is 0 Å². The zero-order valence-corrected chi connectivity index (χ0v) is 11.3. The van der Waals surface area contributed by atoms with E-state index in [0.717, 1.165) is 28.0 Å². The number of halogens is 2. The zero-order chi connectivity index (χ0) is 14.4. The molecular weight excluding hydrogens is 282 g/mol. The first-order chi connectivity index (χ1) is 9.69. The summed E-state index contributed by atoms with van der Waals surface area (Å²) in [6.07, 6.45) is 0.429. The molecule has 5 heteroatoms. The van der Waals surface area contributed by atoms with Gasteiger partial charge in [0, 0.05) is 17.4 Å². The van der Waals surface area contributed by atoms with Gasteiger partial charge in [0.05, 0.1) is 11.5 Å². The second-order valence-corrected chi connectivity index (χ2v) is 5.07. The fourth-order valence-electron chi connectivity index (χ4n) is 1.46. The predicted octanol–water partition coefficient (Wildman–Crippen LogP) is 3.34. The van der Waals surface area contributed by atoms with Crippen LogP contribution >= 0.6 is 11.3 Å². The molecule has 2 aromatic rings. The third kappa shape index (κ3) is 4.05. The molecule has 1 aromatic heterocycles. The zero-order valence-electron chi connectivity index (χ0n) is 10.5. The summed E-state index contributed by atoms with van der Waals surface area (Å²) in [5.74, 6) is 4.48. The van der Waals surface area contributed by atoms with Gasteiger partial charge in [0.2, 0.25) is 0 Å². The van der Waals surface area contributed by atoms with Crippen molar-refractivity contribution >= 4 is 11.3 Å². The molecule has 0 bridgehead atoms. The standard InChI is InChI=1S/C15H12F2O2S/c16-11-4-7-14(17)15(9-11)19-10-13-6-5-12(20-13)3-1-2-8-18/h4-7,9,18H,2,8,10H2. The minimum absolute atomic E-state index is 0.0349. The van der Waals surface area contributed by atoms with Crippen LogP contribution in [0.3, 0.4) is 0 Å². The van der Waals surface area contributed by atoms with Crippen molar-refractivity contribution in [3.8, 4) is 17.6 Å². The van der Waals surface area contributed by atoms with E-state index in [2.05, 4.69) is 11.8 Å². The van der Waals surface area contributed by atoms with E-state index in [1.807, 2.05) is 12.1 Å². The van der Waals surface area contributed by atoms with Crippen molar-refractivity contribution in [3.63, 3.8) is 0 Å². The number of benzene rings is 1. The number of hydrogen-bond acceptors (Lipinski definition) is 3. The molecule has 2 nitrogen and oxygen atoms in total. The highest BCUT2D eigenvalue weighted by Crippen LogP contribution is 2.22. The quantitative estimate of drug-likeness (QED) is 0.876. The van der Waals surface area contributed by atoms with Gasteiger partial charge >= 0.3 is 0 Å². The van der Waals surface area contributed by atoms with Gasteiger partial charge in [-0.3, -0.25) is 0 Å². The maximum atomic E-state index is 13.3. The molecule has 104 valence electrons. The van der Waals surface area contributed by atoms with Crippen LogP contribution in [0, 0.1) is 23.5 Å². The highest BCUT2D eigenvalue weighted by atomic mass is 32.1. The first kappa shape index (κ1) is 14.5. The highest BCUT2D eigenvalue weighted by molar-refractivity contribution is 7.12. The molecule has 0 aliphatic carbocycles. The van der Waals surface area contributed by atoms with Crippen molar-refractivity contribution in [2.45, 2.75) is 13.0 Å². The summed E-state index contributed by atoms with van der Waals surface area (Å²) in [5, 5.41) is 8.62. The Morgan fingerprint density at radius 3 is 2.85 bits per heavy atom. The van der Waals surface area contributed by atoms with E-state index in [4.69, 9.17) is 9.84 Å². The lowest BCUT2D eigenvalue weighted by Crippen LogP contribution is -1.95. The highest BCUT2D eigenvalue weighted by Gasteiger charge is 2.06. The second kappa shape index (κ2) is 7.04. The monoisotopic (exact) mass is 294 g/mol. The maximum absolute atomic E-state index is 13.3. The molecule has 1 N–H and O–H groups in total. The molecule has 0 radical (unpaired) electrons. The van der Waals surface area contributed by atoms with Crippen molar-refractivity contribution in [2.75, 3.05) is 6.61 Å². The van der Waals surface area contributed by atoms with E-state index in [-0.39, 0.29) is 19.0 Å². The number of thiophene rings is 1. The summed E-state index contributed by atoms with van der Waals surface area (Å²) in [5.41, 5.74) is 0. The normalized spacial score (nSPS) is 9.95.